The van der Waals surface area contributed by atoms with E-state index in [1.54, 1.807) is 0 Å². The van der Waals surface area contributed by atoms with Gasteiger partial charge in [-0.25, -0.2) is 4.98 Å². The second-order valence-electron chi connectivity index (χ2n) is 9.26. The van der Waals surface area contributed by atoms with Crippen molar-refractivity contribution in [3.05, 3.63) is 108 Å². The van der Waals surface area contributed by atoms with Gasteiger partial charge in [0.15, 0.2) is 0 Å². The highest BCUT2D eigenvalue weighted by Gasteiger charge is 2.38. The molecule has 0 spiro atoms. The van der Waals surface area contributed by atoms with Gasteiger partial charge < -0.3 is 0 Å². The van der Waals surface area contributed by atoms with Crippen LogP contribution in [0.15, 0.2) is 97.2 Å². The van der Waals surface area contributed by atoms with Crippen molar-refractivity contribution in [1.82, 2.24) is 9.55 Å². The fraction of sp³-hybridized carbons (Fsp3) is 0.100. The molecule has 1 aliphatic rings. The first-order valence-corrected chi connectivity index (χ1v) is 11.2. The molecule has 0 saturated heterocycles. The molecule has 0 aliphatic heterocycles. The summed E-state index contributed by atoms with van der Waals surface area (Å²) in [6.07, 6.45) is 1.87. The average molecular weight is 411 g/mol. The molecule has 32 heavy (non-hydrogen) atoms. The molecule has 2 nitrogen and oxygen atoms in total. The molecule has 0 radical (unpaired) electrons. The van der Waals surface area contributed by atoms with Gasteiger partial charge in [-0.15, -0.1) is 0 Å². The monoisotopic (exact) mass is 410 g/mol. The van der Waals surface area contributed by atoms with E-state index in [2.05, 4.69) is 103 Å². The molecule has 152 valence electrons. The van der Waals surface area contributed by atoms with E-state index in [0.717, 1.165) is 5.82 Å². The summed E-state index contributed by atoms with van der Waals surface area (Å²) < 4.78 is 2.31. The van der Waals surface area contributed by atoms with Crippen LogP contribution in [-0.2, 0) is 5.41 Å². The molecule has 0 saturated carbocycles. The Kier molecular flexibility index (Phi) is 3.37. The minimum atomic E-state index is -0.0446. The van der Waals surface area contributed by atoms with Crippen molar-refractivity contribution in [1.29, 1.82) is 0 Å². The molecule has 0 amide bonds. The first kappa shape index (κ1) is 17.7. The van der Waals surface area contributed by atoms with E-state index in [-0.39, 0.29) is 5.41 Å². The van der Waals surface area contributed by atoms with Crippen LogP contribution in [0.1, 0.15) is 25.0 Å². The molecule has 6 aromatic rings. The van der Waals surface area contributed by atoms with Crippen LogP contribution in [0.4, 0.5) is 0 Å². The molecule has 0 unspecified atom stereocenters. The summed E-state index contributed by atoms with van der Waals surface area (Å²) in [5, 5.41) is 5.23. The molecule has 1 aliphatic carbocycles. The van der Waals surface area contributed by atoms with E-state index in [1.165, 1.54) is 54.8 Å². The molecule has 2 heterocycles. The second-order valence-corrected chi connectivity index (χ2v) is 9.26. The molecular formula is C30H22N2. The number of pyridine rings is 1. The Labute approximate surface area is 186 Å². The van der Waals surface area contributed by atoms with Crippen LogP contribution in [0.3, 0.4) is 0 Å². The third-order valence-electron chi connectivity index (χ3n) is 7.24. The van der Waals surface area contributed by atoms with Gasteiger partial charge in [-0.1, -0.05) is 80.6 Å². The Morgan fingerprint density at radius 3 is 2.19 bits per heavy atom. The van der Waals surface area contributed by atoms with Crippen LogP contribution in [0.2, 0.25) is 0 Å². The maximum absolute atomic E-state index is 4.70. The molecule has 2 heteroatoms. The van der Waals surface area contributed by atoms with E-state index in [4.69, 9.17) is 4.98 Å². The molecule has 0 atom stereocenters. The van der Waals surface area contributed by atoms with Crippen LogP contribution in [0.5, 0.6) is 0 Å². The quantitative estimate of drug-likeness (QED) is 0.272. The lowest BCUT2D eigenvalue weighted by Gasteiger charge is -2.21. The van der Waals surface area contributed by atoms with Crippen LogP contribution in [0, 0.1) is 0 Å². The summed E-state index contributed by atoms with van der Waals surface area (Å²) in [5.41, 5.74) is 7.94. The lowest BCUT2D eigenvalue weighted by molar-refractivity contribution is 0.661. The van der Waals surface area contributed by atoms with Gasteiger partial charge in [0.25, 0.3) is 0 Å². The molecule has 2 aromatic heterocycles. The van der Waals surface area contributed by atoms with Crippen molar-refractivity contribution in [2.75, 3.05) is 0 Å². The standard InChI is InChI=1S/C30H22N2/c1-30(2)22-15-14-19-9-3-4-10-20(19)27(22)29-23(30)16-17-25-28(29)21-11-5-6-12-24(21)32(25)26-13-7-8-18-31-26/h3-18H,1-2H3. The number of rotatable bonds is 1. The van der Waals surface area contributed by atoms with E-state index in [9.17, 15) is 0 Å². The molecule has 4 aromatic carbocycles. The van der Waals surface area contributed by atoms with Crippen LogP contribution in [-0.4, -0.2) is 9.55 Å². The SMILES string of the molecule is CC1(C)c2ccc3ccccc3c2-c2c1ccc1c2c2ccccc2n1-c1ccccn1. The minimum absolute atomic E-state index is 0.0446. The maximum Gasteiger partial charge on any atom is 0.137 e. The predicted octanol–water partition coefficient (Wildman–Crippen LogP) is 7.64. The summed E-state index contributed by atoms with van der Waals surface area (Å²) in [6, 6.07) is 32.9. The predicted molar refractivity (Wildman–Crippen MR) is 134 cm³/mol. The van der Waals surface area contributed by atoms with E-state index in [0.29, 0.717) is 0 Å². The lowest BCUT2D eigenvalue weighted by Crippen LogP contribution is -2.14. The highest BCUT2D eigenvalue weighted by molar-refractivity contribution is 6.20. The second kappa shape index (κ2) is 6.08. The van der Waals surface area contributed by atoms with Gasteiger partial charge in [-0.3, -0.25) is 4.57 Å². The molecular weight excluding hydrogens is 388 g/mol. The Hall–Kier alpha value is -3.91. The minimum Gasteiger partial charge on any atom is -0.294 e. The summed E-state index contributed by atoms with van der Waals surface area (Å²) >= 11 is 0. The van der Waals surface area contributed by atoms with Crippen molar-refractivity contribution in [3.63, 3.8) is 0 Å². The number of hydrogen-bond donors (Lipinski definition) is 0. The van der Waals surface area contributed by atoms with Gasteiger partial charge in [0.1, 0.15) is 5.82 Å². The normalized spacial score (nSPS) is 14.2. The number of fused-ring (bicyclic) bond motifs is 9. The van der Waals surface area contributed by atoms with Crippen LogP contribution >= 0.6 is 0 Å². The highest BCUT2D eigenvalue weighted by atomic mass is 15.1. The van der Waals surface area contributed by atoms with Crippen LogP contribution < -0.4 is 0 Å². The van der Waals surface area contributed by atoms with Crippen molar-refractivity contribution in [2.45, 2.75) is 19.3 Å². The Bertz CT molecular complexity index is 1690. The fourth-order valence-corrected chi connectivity index (χ4v) is 5.78. The molecule has 7 rings (SSSR count). The summed E-state index contributed by atoms with van der Waals surface area (Å²) in [7, 11) is 0. The van der Waals surface area contributed by atoms with Gasteiger partial charge in [-0.2, -0.15) is 0 Å². The molecule has 0 fully saturated rings. The summed E-state index contributed by atoms with van der Waals surface area (Å²) in [4.78, 5) is 4.70. The summed E-state index contributed by atoms with van der Waals surface area (Å²) in [6.45, 7) is 4.71. The lowest BCUT2D eigenvalue weighted by atomic mass is 9.82. The third-order valence-corrected chi connectivity index (χ3v) is 7.24. The molecule has 0 N–H and O–H groups in total. The topological polar surface area (TPSA) is 17.8 Å². The Balaban J connectivity index is 1.74. The summed E-state index contributed by atoms with van der Waals surface area (Å²) in [5.74, 6) is 0.953. The first-order chi connectivity index (χ1) is 15.7. The Morgan fingerprint density at radius 2 is 1.34 bits per heavy atom. The maximum atomic E-state index is 4.70. The fourth-order valence-electron chi connectivity index (χ4n) is 5.78. The van der Waals surface area contributed by atoms with Crippen molar-refractivity contribution in [2.24, 2.45) is 0 Å². The largest absolute Gasteiger partial charge is 0.294 e. The average Bonchev–Trinajstić information content (AvgIpc) is 3.29. The van der Waals surface area contributed by atoms with Gasteiger partial charge in [0, 0.05) is 22.4 Å². The number of para-hydroxylation sites is 1. The number of nitrogens with zero attached hydrogens (tertiary/aromatic N) is 2. The number of aromatic nitrogens is 2. The van der Waals surface area contributed by atoms with Crippen molar-refractivity contribution < 1.29 is 0 Å². The smallest absolute Gasteiger partial charge is 0.137 e. The van der Waals surface area contributed by atoms with E-state index >= 15 is 0 Å². The van der Waals surface area contributed by atoms with Crippen molar-refractivity contribution in [3.8, 4) is 16.9 Å². The van der Waals surface area contributed by atoms with Crippen molar-refractivity contribution >= 4 is 32.6 Å². The zero-order chi connectivity index (χ0) is 21.4. The third kappa shape index (κ3) is 2.12. The van der Waals surface area contributed by atoms with E-state index < -0.39 is 0 Å². The van der Waals surface area contributed by atoms with Gasteiger partial charge in [0.05, 0.1) is 11.0 Å². The number of benzene rings is 4. The molecule has 0 bridgehead atoms. The zero-order valence-electron chi connectivity index (χ0n) is 18.1. The van der Waals surface area contributed by atoms with Gasteiger partial charge in [-0.05, 0) is 57.3 Å². The van der Waals surface area contributed by atoms with Gasteiger partial charge >= 0.3 is 0 Å². The first-order valence-electron chi connectivity index (χ1n) is 11.2. The van der Waals surface area contributed by atoms with E-state index in [1.807, 2.05) is 12.3 Å². The van der Waals surface area contributed by atoms with Gasteiger partial charge in [0.2, 0.25) is 0 Å². The zero-order valence-corrected chi connectivity index (χ0v) is 18.1. The highest BCUT2D eigenvalue weighted by Crippen LogP contribution is 2.55. The Morgan fingerprint density at radius 1 is 0.625 bits per heavy atom. The number of hydrogen-bond acceptors (Lipinski definition) is 1. The van der Waals surface area contributed by atoms with Crippen LogP contribution in [0.25, 0.3) is 49.5 Å².